The molecule has 10 heteroatoms. The molecular weight excluding hydrogens is 518 g/mol. The SMILES string of the molecule is O=C(O)C1c2occc2CCN1S(=O)(=O)c1ccc(-c2ccc(Oc3ccc(-n4ccnc4)cc3)cc2)cc1. The second-order valence-electron chi connectivity index (χ2n) is 9.03. The van der Waals surface area contributed by atoms with Crippen LogP contribution in [0.25, 0.3) is 16.8 Å². The summed E-state index contributed by atoms with van der Waals surface area (Å²) in [5.41, 5.74) is 3.38. The van der Waals surface area contributed by atoms with Gasteiger partial charge in [0.05, 0.1) is 17.5 Å². The van der Waals surface area contributed by atoms with Gasteiger partial charge in [0.25, 0.3) is 0 Å². The van der Waals surface area contributed by atoms with E-state index in [2.05, 4.69) is 4.98 Å². The fourth-order valence-corrected chi connectivity index (χ4v) is 6.23. The minimum atomic E-state index is -4.07. The van der Waals surface area contributed by atoms with Gasteiger partial charge in [-0.15, -0.1) is 0 Å². The van der Waals surface area contributed by atoms with Crippen LogP contribution in [0.15, 0.2) is 113 Å². The van der Waals surface area contributed by atoms with Gasteiger partial charge in [0, 0.05) is 24.6 Å². The summed E-state index contributed by atoms with van der Waals surface area (Å²) in [7, 11) is -4.07. The number of ether oxygens (including phenoxy) is 1. The molecule has 1 atom stereocenters. The maximum atomic E-state index is 13.4. The fraction of sp³-hybridized carbons (Fsp3) is 0.103. The molecule has 3 aromatic carbocycles. The number of hydrogen-bond donors (Lipinski definition) is 1. The van der Waals surface area contributed by atoms with Crippen LogP contribution in [0.2, 0.25) is 0 Å². The second-order valence-corrected chi connectivity index (χ2v) is 10.9. The maximum Gasteiger partial charge on any atom is 0.329 e. The van der Waals surface area contributed by atoms with E-state index < -0.39 is 22.0 Å². The van der Waals surface area contributed by atoms with Crippen LogP contribution in [0.1, 0.15) is 17.4 Å². The Morgan fingerprint density at radius 3 is 2.18 bits per heavy atom. The highest BCUT2D eigenvalue weighted by molar-refractivity contribution is 7.89. The normalized spacial score (nSPS) is 15.5. The molecule has 2 aromatic heterocycles. The Labute approximate surface area is 224 Å². The molecule has 6 rings (SSSR count). The Morgan fingerprint density at radius 2 is 1.56 bits per heavy atom. The van der Waals surface area contributed by atoms with Crippen molar-refractivity contribution in [2.45, 2.75) is 17.4 Å². The molecule has 0 spiro atoms. The van der Waals surface area contributed by atoms with Gasteiger partial charge in [-0.2, -0.15) is 4.31 Å². The number of sulfonamides is 1. The van der Waals surface area contributed by atoms with E-state index in [0.717, 1.165) is 21.1 Å². The quantitative estimate of drug-likeness (QED) is 0.297. The Kier molecular flexibility index (Phi) is 6.26. The van der Waals surface area contributed by atoms with Crippen LogP contribution in [-0.2, 0) is 21.2 Å². The zero-order chi connectivity index (χ0) is 27.0. The van der Waals surface area contributed by atoms with Crippen LogP contribution in [0.3, 0.4) is 0 Å². The fourth-order valence-electron chi connectivity index (χ4n) is 4.68. The molecule has 1 N–H and O–H groups in total. The zero-order valence-electron chi connectivity index (χ0n) is 20.5. The van der Waals surface area contributed by atoms with Crippen molar-refractivity contribution in [2.24, 2.45) is 0 Å². The summed E-state index contributed by atoms with van der Waals surface area (Å²) in [4.78, 5) is 16.0. The van der Waals surface area contributed by atoms with Crippen LogP contribution in [0, 0.1) is 0 Å². The summed E-state index contributed by atoms with van der Waals surface area (Å²) >= 11 is 0. The van der Waals surface area contributed by atoms with Gasteiger partial charge in [-0.25, -0.2) is 18.2 Å². The van der Waals surface area contributed by atoms with Crippen molar-refractivity contribution in [3.05, 3.63) is 115 Å². The lowest BCUT2D eigenvalue weighted by Gasteiger charge is -2.31. The molecule has 0 saturated carbocycles. The Balaban J connectivity index is 1.17. The van der Waals surface area contributed by atoms with Crippen LogP contribution in [-0.4, -0.2) is 39.9 Å². The van der Waals surface area contributed by atoms with Crippen LogP contribution >= 0.6 is 0 Å². The molecule has 9 nitrogen and oxygen atoms in total. The topological polar surface area (TPSA) is 115 Å². The molecule has 1 aliphatic rings. The van der Waals surface area contributed by atoms with E-state index in [0.29, 0.717) is 23.5 Å². The average molecular weight is 542 g/mol. The number of imidazole rings is 1. The predicted octanol–water partition coefficient (Wildman–Crippen LogP) is 5.30. The Hall–Kier alpha value is -4.67. The molecule has 0 aliphatic carbocycles. The molecule has 0 radical (unpaired) electrons. The average Bonchev–Trinajstić information content (AvgIpc) is 3.66. The third-order valence-corrected chi connectivity index (χ3v) is 8.55. The predicted molar refractivity (Wildman–Crippen MR) is 142 cm³/mol. The standard InChI is InChI=1S/C29H23N3O6S/c33-29(34)27-28-22(14-18-37-28)13-16-32(27)39(35,36)26-11-3-21(4-12-26)20-1-7-24(8-2-20)38-25-9-5-23(6-10-25)31-17-15-30-19-31/h1-12,14-15,17-19,27H,13,16H2,(H,33,34). The van der Waals surface area contributed by atoms with Gasteiger partial charge in [0.1, 0.15) is 17.3 Å². The number of carbonyl (C=O) groups is 1. The summed E-state index contributed by atoms with van der Waals surface area (Å²) in [6, 6.07) is 21.8. The number of furan rings is 1. The summed E-state index contributed by atoms with van der Waals surface area (Å²) in [6.07, 6.45) is 7.09. The van der Waals surface area contributed by atoms with Crippen molar-refractivity contribution in [1.29, 1.82) is 0 Å². The molecule has 0 saturated heterocycles. The summed E-state index contributed by atoms with van der Waals surface area (Å²) < 4.78 is 41.0. The van der Waals surface area contributed by atoms with Gasteiger partial charge in [0.2, 0.25) is 10.0 Å². The van der Waals surface area contributed by atoms with Gasteiger partial charge in [-0.1, -0.05) is 24.3 Å². The second kappa shape index (κ2) is 9.90. The van der Waals surface area contributed by atoms with Crippen molar-refractivity contribution >= 4 is 16.0 Å². The van der Waals surface area contributed by atoms with E-state index in [9.17, 15) is 18.3 Å². The van der Waals surface area contributed by atoms with Crippen LogP contribution in [0.5, 0.6) is 11.5 Å². The number of rotatable bonds is 7. The highest BCUT2D eigenvalue weighted by Gasteiger charge is 2.42. The van der Waals surface area contributed by atoms with Crippen molar-refractivity contribution in [3.63, 3.8) is 0 Å². The number of carboxylic acid groups (broad SMARTS) is 1. The number of hydrogen-bond acceptors (Lipinski definition) is 6. The van der Waals surface area contributed by atoms with Gasteiger partial charge < -0.3 is 18.8 Å². The van der Waals surface area contributed by atoms with Crippen LogP contribution in [0.4, 0.5) is 0 Å². The lowest BCUT2D eigenvalue weighted by atomic mass is 10.0. The number of carboxylic acids is 1. The number of benzene rings is 3. The van der Waals surface area contributed by atoms with E-state index in [4.69, 9.17) is 9.15 Å². The van der Waals surface area contributed by atoms with Gasteiger partial charge in [-0.05, 0) is 77.7 Å². The highest BCUT2D eigenvalue weighted by atomic mass is 32.2. The first-order valence-electron chi connectivity index (χ1n) is 12.2. The van der Waals surface area contributed by atoms with Crippen LogP contribution < -0.4 is 4.74 Å². The van der Waals surface area contributed by atoms with Gasteiger partial charge in [-0.3, -0.25) is 0 Å². The molecule has 0 bridgehead atoms. The summed E-state index contributed by atoms with van der Waals surface area (Å²) in [5.74, 6) is 0.239. The summed E-state index contributed by atoms with van der Waals surface area (Å²) in [6.45, 7) is 0.0569. The lowest BCUT2D eigenvalue weighted by Crippen LogP contribution is -2.43. The molecule has 1 unspecified atom stereocenters. The summed E-state index contributed by atoms with van der Waals surface area (Å²) in [5, 5.41) is 9.76. The Morgan fingerprint density at radius 1 is 0.923 bits per heavy atom. The van der Waals surface area contributed by atoms with Gasteiger partial charge >= 0.3 is 5.97 Å². The number of aromatic nitrogens is 2. The monoisotopic (exact) mass is 541 g/mol. The highest BCUT2D eigenvalue weighted by Crippen LogP contribution is 2.35. The minimum absolute atomic E-state index is 0.0200. The zero-order valence-corrected chi connectivity index (χ0v) is 21.4. The van der Waals surface area contributed by atoms with Crippen molar-refractivity contribution in [1.82, 2.24) is 13.9 Å². The molecule has 196 valence electrons. The number of fused-ring (bicyclic) bond motifs is 1. The molecule has 5 aromatic rings. The first-order chi connectivity index (χ1) is 18.9. The van der Waals surface area contributed by atoms with Crippen molar-refractivity contribution < 1.29 is 27.5 Å². The van der Waals surface area contributed by atoms with E-state index in [1.165, 1.54) is 18.4 Å². The largest absolute Gasteiger partial charge is 0.480 e. The lowest BCUT2D eigenvalue weighted by molar-refractivity contribution is -0.142. The van der Waals surface area contributed by atoms with Gasteiger partial charge in [0.15, 0.2) is 6.04 Å². The number of aliphatic carboxylic acids is 1. The third kappa shape index (κ3) is 4.71. The molecule has 0 fully saturated rings. The van der Waals surface area contributed by atoms with Crippen molar-refractivity contribution in [3.8, 4) is 28.3 Å². The van der Waals surface area contributed by atoms with E-state index >= 15 is 0 Å². The van der Waals surface area contributed by atoms with E-state index in [1.807, 2.05) is 59.3 Å². The van der Waals surface area contributed by atoms with E-state index in [-0.39, 0.29) is 17.2 Å². The smallest absolute Gasteiger partial charge is 0.329 e. The molecule has 3 heterocycles. The Bertz CT molecular complexity index is 1710. The molecule has 39 heavy (non-hydrogen) atoms. The number of nitrogens with zero attached hydrogens (tertiary/aromatic N) is 3. The minimum Gasteiger partial charge on any atom is -0.480 e. The first-order valence-corrected chi connectivity index (χ1v) is 13.6. The third-order valence-electron chi connectivity index (χ3n) is 6.68. The molecule has 1 aliphatic heterocycles. The van der Waals surface area contributed by atoms with E-state index in [1.54, 1.807) is 30.7 Å². The molecule has 0 amide bonds. The van der Waals surface area contributed by atoms with Crippen molar-refractivity contribution in [2.75, 3.05) is 6.54 Å². The maximum absolute atomic E-state index is 13.4. The molecular formula is C29H23N3O6S. The first kappa shape index (κ1) is 24.7.